The fourth-order valence-corrected chi connectivity index (χ4v) is 5.61. The smallest absolute Gasteiger partial charge is 0.339 e. The average Bonchev–Trinajstić information content (AvgIpc) is 3.08. The van der Waals surface area contributed by atoms with Crippen LogP contribution in [0.1, 0.15) is 50.5 Å². The lowest BCUT2D eigenvalue weighted by Gasteiger charge is -2.21. The van der Waals surface area contributed by atoms with Crippen molar-refractivity contribution in [3.05, 3.63) is 111 Å². The van der Waals surface area contributed by atoms with E-state index in [9.17, 15) is 49.2 Å². The molecule has 1 heterocycles. The number of rotatable bonds is 14. The van der Waals surface area contributed by atoms with Gasteiger partial charge in [0.2, 0.25) is 5.91 Å². The van der Waals surface area contributed by atoms with E-state index in [4.69, 9.17) is 0 Å². The zero-order valence-corrected chi connectivity index (χ0v) is 27.4. The maximum Gasteiger partial charge on any atom is 0.339 e. The van der Waals surface area contributed by atoms with Gasteiger partial charge in [0, 0.05) is 25.1 Å². The topological polar surface area (TPSA) is 248 Å². The third kappa shape index (κ3) is 8.47. The Morgan fingerprint density at radius 1 is 0.865 bits per heavy atom. The van der Waals surface area contributed by atoms with Gasteiger partial charge in [-0.2, -0.15) is 0 Å². The van der Waals surface area contributed by atoms with E-state index >= 15 is 4.39 Å². The molecular weight excluding hydrogens is 681 g/mol. The second-order valence-electron chi connectivity index (χ2n) is 11.9. The highest BCUT2D eigenvalue weighted by Gasteiger charge is 2.29. The fourth-order valence-electron chi connectivity index (χ4n) is 5.61. The molecule has 1 aromatic heterocycles. The number of aryl methyl sites for hydroxylation is 1. The normalized spacial score (nSPS) is 12.2. The summed E-state index contributed by atoms with van der Waals surface area (Å²) < 4.78 is 15.2. The standard InChI is InChI=1S/C36H32FN5O10/c1-17-39-26-8-5-20-4-2-19(13-23(20)31(26)34(48)40-17)16-38-21-6-7-22(25(37)15-21)32(46)41-27(9-11-30(44)45)33(47)42-28(36(51)52)14-18-3-10-29(43)24(12-18)35(49)50/h2-8,10,12-13,15,27-28,38,43H,9,11,14,16H2,1H3,(H,41,46)(H,42,47)(H,44,45)(H,49,50)(H,51,52)(H,39,40,48)/t27-,28-/m0/s1. The molecule has 15 nitrogen and oxygen atoms in total. The molecule has 16 heteroatoms. The molecule has 0 fully saturated rings. The summed E-state index contributed by atoms with van der Waals surface area (Å²) in [6.45, 7) is 1.91. The van der Waals surface area contributed by atoms with E-state index in [0.717, 1.165) is 35.2 Å². The van der Waals surface area contributed by atoms with Crippen molar-refractivity contribution < 1.29 is 48.8 Å². The highest BCUT2D eigenvalue weighted by molar-refractivity contribution is 6.06. The number of carboxylic acid groups (broad SMARTS) is 3. The van der Waals surface area contributed by atoms with Crippen LogP contribution in [-0.2, 0) is 27.3 Å². The summed E-state index contributed by atoms with van der Waals surface area (Å²) in [6, 6.07) is 12.9. The Morgan fingerprint density at radius 2 is 1.60 bits per heavy atom. The number of nitrogens with one attached hydrogen (secondary N) is 4. The summed E-state index contributed by atoms with van der Waals surface area (Å²) in [7, 11) is 0. The molecule has 0 unspecified atom stereocenters. The molecule has 0 radical (unpaired) electrons. The van der Waals surface area contributed by atoms with Gasteiger partial charge >= 0.3 is 17.9 Å². The third-order valence-electron chi connectivity index (χ3n) is 8.20. The van der Waals surface area contributed by atoms with Gasteiger partial charge in [-0.15, -0.1) is 0 Å². The molecule has 0 aliphatic carbocycles. The summed E-state index contributed by atoms with van der Waals surface area (Å²) in [6.07, 6.45) is -1.49. The minimum absolute atomic E-state index is 0.140. The molecule has 0 saturated heterocycles. The van der Waals surface area contributed by atoms with Crippen molar-refractivity contribution >= 4 is 57.1 Å². The number of halogens is 1. The van der Waals surface area contributed by atoms with Crippen molar-refractivity contribution in [3.8, 4) is 5.75 Å². The number of aliphatic carboxylic acids is 2. The van der Waals surface area contributed by atoms with Crippen LogP contribution in [0, 0.1) is 12.7 Å². The van der Waals surface area contributed by atoms with E-state index in [-0.39, 0.29) is 17.7 Å². The SMILES string of the molecule is Cc1nc2ccc3ccc(CNc4ccc(C(=O)N[C@@H](CCC(=O)O)C(=O)N[C@@H](Cc5ccc(O)c(C(=O)O)c5)C(=O)O)c(F)c4)cc3c2c(=O)[nH]1. The minimum Gasteiger partial charge on any atom is -0.507 e. The number of aromatic carboxylic acids is 1. The Balaban J connectivity index is 1.28. The van der Waals surface area contributed by atoms with Gasteiger partial charge in [-0.1, -0.05) is 24.3 Å². The fraction of sp³-hybridized carbons (Fsp3) is 0.194. The number of benzene rings is 4. The molecule has 2 amide bonds. The number of aromatic amines is 1. The van der Waals surface area contributed by atoms with Crippen molar-refractivity contribution in [1.29, 1.82) is 0 Å². The number of carboxylic acids is 3. The van der Waals surface area contributed by atoms with Gasteiger partial charge in [0.1, 0.15) is 35.0 Å². The number of H-pyrrole nitrogens is 1. The van der Waals surface area contributed by atoms with E-state index in [1.54, 1.807) is 13.0 Å². The van der Waals surface area contributed by atoms with Crippen molar-refractivity contribution in [3.63, 3.8) is 0 Å². The Kier molecular flexibility index (Phi) is 10.8. The molecule has 0 aliphatic rings. The molecule has 8 N–H and O–H groups in total. The van der Waals surface area contributed by atoms with Crippen molar-refractivity contribution in [2.45, 2.75) is 44.8 Å². The quantitative estimate of drug-likeness (QED) is 0.0773. The first kappa shape index (κ1) is 36.4. The maximum absolute atomic E-state index is 15.2. The minimum atomic E-state index is -1.65. The van der Waals surface area contributed by atoms with Gasteiger partial charge in [-0.25, -0.2) is 19.0 Å². The second-order valence-corrected chi connectivity index (χ2v) is 11.9. The summed E-state index contributed by atoms with van der Waals surface area (Å²) in [5.74, 6) is -7.47. The molecule has 268 valence electrons. The number of aromatic hydroxyl groups is 1. The zero-order chi connectivity index (χ0) is 37.7. The highest BCUT2D eigenvalue weighted by Crippen LogP contribution is 2.24. The van der Waals surface area contributed by atoms with E-state index in [2.05, 4.69) is 25.9 Å². The average molecular weight is 714 g/mol. The molecule has 5 rings (SSSR count). The van der Waals surface area contributed by atoms with Crippen LogP contribution >= 0.6 is 0 Å². The van der Waals surface area contributed by atoms with Crippen LogP contribution in [-0.4, -0.2) is 72.2 Å². The number of carbonyl (C=O) groups is 5. The summed E-state index contributed by atoms with van der Waals surface area (Å²) in [5, 5.41) is 47.4. The van der Waals surface area contributed by atoms with E-state index in [0.29, 0.717) is 27.8 Å². The molecule has 0 bridgehead atoms. The van der Waals surface area contributed by atoms with Crippen molar-refractivity contribution in [1.82, 2.24) is 20.6 Å². The second kappa shape index (κ2) is 15.4. The lowest BCUT2D eigenvalue weighted by atomic mass is 10.0. The summed E-state index contributed by atoms with van der Waals surface area (Å²) in [4.78, 5) is 80.7. The first-order valence-electron chi connectivity index (χ1n) is 15.8. The Bertz CT molecular complexity index is 2310. The Morgan fingerprint density at radius 3 is 2.29 bits per heavy atom. The van der Waals surface area contributed by atoms with Gasteiger partial charge in [0.25, 0.3) is 11.5 Å². The third-order valence-corrected chi connectivity index (χ3v) is 8.20. The number of carbonyl (C=O) groups excluding carboxylic acids is 2. The lowest BCUT2D eigenvalue weighted by Crippen LogP contribution is -2.52. The predicted molar refractivity (Wildman–Crippen MR) is 185 cm³/mol. The molecule has 0 aliphatic heterocycles. The van der Waals surface area contributed by atoms with Crippen LogP contribution in [0.4, 0.5) is 10.1 Å². The van der Waals surface area contributed by atoms with Gasteiger partial charge < -0.3 is 41.4 Å². The summed E-state index contributed by atoms with van der Waals surface area (Å²) >= 11 is 0. The molecular formula is C36H32FN5O10. The first-order valence-corrected chi connectivity index (χ1v) is 15.8. The monoisotopic (exact) mass is 713 g/mol. The molecule has 5 aromatic rings. The number of fused-ring (bicyclic) bond motifs is 3. The zero-order valence-electron chi connectivity index (χ0n) is 27.4. The van der Waals surface area contributed by atoms with Gasteiger partial charge in [0.05, 0.1) is 16.5 Å². The van der Waals surface area contributed by atoms with Crippen LogP contribution in [0.5, 0.6) is 5.75 Å². The van der Waals surface area contributed by atoms with E-state index < -0.39 is 83.8 Å². The number of aromatic nitrogens is 2. The number of nitrogens with zero attached hydrogens (tertiary/aromatic N) is 1. The van der Waals surface area contributed by atoms with Gasteiger partial charge in [0.15, 0.2) is 0 Å². The number of hydrogen-bond acceptors (Lipinski definition) is 9. The van der Waals surface area contributed by atoms with Crippen LogP contribution < -0.4 is 21.5 Å². The molecule has 52 heavy (non-hydrogen) atoms. The van der Waals surface area contributed by atoms with Gasteiger partial charge in [-0.3, -0.25) is 19.2 Å². The van der Waals surface area contributed by atoms with Gasteiger partial charge in [-0.05, 0) is 77.7 Å². The van der Waals surface area contributed by atoms with Crippen LogP contribution in [0.3, 0.4) is 0 Å². The number of phenols is 1. The number of hydrogen-bond donors (Lipinski definition) is 8. The summed E-state index contributed by atoms with van der Waals surface area (Å²) in [5.41, 5.74) is 0.511. The highest BCUT2D eigenvalue weighted by atomic mass is 19.1. The Labute approximate surface area is 293 Å². The number of anilines is 1. The van der Waals surface area contributed by atoms with Crippen LogP contribution in [0.2, 0.25) is 0 Å². The molecule has 0 saturated carbocycles. The molecule has 0 spiro atoms. The first-order chi connectivity index (χ1) is 24.7. The Hall–Kier alpha value is -6.84. The van der Waals surface area contributed by atoms with Crippen molar-refractivity contribution in [2.75, 3.05) is 5.32 Å². The molecule has 4 aromatic carbocycles. The maximum atomic E-state index is 15.2. The van der Waals surface area contributed by atoms with Crippen LogP contribution in [0.15, 0.2) is 71.5 Å². The predicted octanol–water partition coefficient (Wildman–Crippen LogP) is 3.32. The van der Waals surface area contributed by atoms with E-state index in [1.807, 2.05) is 24.3 Å². The van der Waals surface area contributed by atoms with Crippen LogP contribution in [0.25, 0.3) is 21.7 Å². The van der Waals surface area contributed by atoms with Crippen molar-refractivity contribution in [2.24, 2.45) is 0 Å². The molecule has 2 atom stereocenters. The lowest BCUT2D eigenvalue weighted by molar-refractivity contribution is -0.142. The largest absolute Gasteiger partial charge is 0.507 e. The number of amides is 2. The van der Waals surface area contributed by atoms with E-state index in [1.165, 1.54) is 12.1 Å².